The molecule has 4 heteroatoms. The number of nitrogens with zero attached hydrogens (tertiary/aromatic N) is 1. The van der Waals surface area contributed by atoms with Crippen LogP contribution in [0.5, 0.6) is 0 Å². The van der Waals surface area contributed by atoms with Crippen molar-refractivity contribution in [3.63, 3.8) is 0 Å². The molecule has 0 saturated carbocycles. The Labute approximate surface area is 76.4 Å². The largest absolute Gasteiger partial charge is 0.374 e. The Bertz CT molecular complexity index is 287. The predicted molar refractivity (Wildman–Crippen MR) is 46.4 cm³/mol. The van der Waals surface area contributed by atoms with Gasteiger partial charge in [-0.25, -0.2) is 0 Å². The van der Waals surface area contributed by atoms with Gasteiger partial charge in [0.15, 0.2) is 0 Å². The smallest absolute Gasteiger partial charge is 0.247 e. The second-order valence-electron chi connectivity index (χ2n) is 3.97. The van der Waals surface area contributed by atoms with Gasteiger partial charge < -0.3 is 10.1 Å². The van der Waals surface area contributed by atoms with Crippen LogP contribution in [0.2, 0.25) is 0 Å². The van der Waals surface area contributed by atoms with Crippen molar-refractivity contribution in [2.24, 2.45) is 10.9 Å². The van der Waals surface area contributed by atoms with Crippen molar-refractivity contribution < 1.29 is 9.53 Å². The minimum atomic E-state index is 0.0257. The third-order valence-corrected chi connectivity index (χ3v) is 3.12. The van der Waals surface area contributed by atoms with Crippen molar-refractivity contribution in [2.45, 2.75) is 31.5 Å². The second-order valence-corrected chi connectivity index (χ2v) is 3.97. The summed E-state index contributed by atoms with van der Waals surface area (Å²) in [5.41, 5.74) is 0. The van der Waals surface area contributed by atoms with E-state index in [1.807, 2.05) is 0 Å². The zero-order valence-electron chi connectivity index (χ0n) is 7.32. The van der Waals surface area contributed by atoms with Crippen LogP contribution in [0.15, 0.2) is 4.99 Å². The maximum absolute atomic E-state index is 10.9. The van der Waals surface area contributed by atoms with Crippen molar-refractivity contribution >= 4 is 11.7 Å². The minimum absolute atomic E-state index is 0.0257. The molecule has 0 aliphatic carbocycles. The first-order valence-electron chi connectivity index (χ1n) is 4.82. The number of carbonyl (C=O) groups excluding carboxylic acids is 1. The molecule has 3 aliphatic rings. The summed E-state index contributed by atoms with van der Waals surface area (Å²) >= 11 is 0. The summed E-state index contributed by atoms with van der Waals surface area (Å²) in [7, 11) is 0. The second kappa shape index (κ2) is 2.54. The van der Waals surface area contributed by atoms with Crippen molar-refractivity contribution in [1.29, 1.82) is 0 Å². The Balaban J connectivity index is 1.76. The van der Waals surface area contributed by atoms with E-state index in [2.05, 4.69) is 10.3 Å². The topological polar surface area (TPSA) is 50.7 Å². The van der Waals surface area contributed by atoms with Crippen molar-refractivity contribution in [1.82, 2.24) is 5.32 Å². The van der Waals surface area contributed by atoms with Crippen LogP contribution in [0.25, 0.3) is 0 Å². The van der Waals surface area contributed by atoms with Gasteiger partial charge in [-0.2, -0.15) is 0 Å². The van der Waals surface area contributed by atoms with Gasteiger partial charge in [-0.3, -0.25) is 9.79 Å². The number of rotatable bonds is 1. The third kappa shape index (κ3) is 1.09. The molecule has 2 fully saturated rings. The highest BCUT2D eigenvalue weighted by Gasteiger charge is 2.44. The van der Waals surface area contributed by atoms with Crippen LogP contribution in [0.4, 0.5) is 0 Å². The quantitative estimate of drug-likeness (QED) is 0.621. The van der Waals surface area contributed by atoms with Crippen molar-refractivity contribution in [3.8, 4) is 0 Å². The van der Waals surface area contributed by atoms with Gasteiger partial charge in [-0.15, -0.1) is 0 Å². The first-order valence-corrected chi connectivity index (χ1v) is 4.82. The molecule has 3 atom stereocenters. The van der Waals surface area contributed by atoms with Gasteiger partial charge in [0.2, 0.25) is 5.91 Å². The van der Waals surface area contributed by atoms with Gasteiger partial charge in [0.05, 0.1) is 12.2 Å². The molecule has 3 unspecified atom stereocenters. The maximum atomic E-state index is 10.9. The van der Waals surface area contributed by atoms with Crippen LogP contribution >= 0.6 is 0 Å². The van der Waals surface area contributed by atoms with Crippen LogP contribution in [-0.2, 0) is 9.53 Å². The van der Waals surface area contributed by atoms with E-state index >= 15 is 0 Å². The lowest BCUT2D eigenvalue weighted by molar-refractivity contribution is -0.117. The molecule has 0 aromatic heterocycles. The number of nitrogens with one attached hydrogen (secondary N) is 1. The number of aliphatic imine (C=N–C) groups is 1. The molecule has 2 saturated heterocycles. The van der Waals surface area contributed by atoms with Gasteiger partial charge in [0.25, 0.3) is 0 Å². The summed E-state index contributed by atoms with van der Waals surface area (Å²) in [4.78, 5) is 15.1. The minimum Gasteiger partial charge on any atom is -0.374 e. The maximum Gasteiger partial charge on any atom is 0.247 e. The Morgan fingerprint density at radius 3 is 2.92 bits per heavy atom. The van der Waals surface area contributed by atoms with Gasteiger partial charge in [0, 0.05) is 5.92 Å². The zero-order chi connectivity index (χ0) is 8.84. The molecule has 3 heterocycles. The Morgan fingerprint density at radius 1 is 1.46 bits per heavy atom. The monoisotopic (exact) mass is 180 g/mol. The van der Waals surface area contributed by atoms with Gasteiger partial charge in [-0.1, -0.05) is 0 Å². The number of ether oxygens (including phenoxy) is 1. The van der Waals surface area contributed by atoms with Crippen LogP contribution in [0.1, 0.15) is 19.3 Å². The molecule has 0 aromatic rings. The lowest BCUT2D eigenvalue weighted by atomic mass is 9.88. The first kappa shape index (κ1) is 7.50. The molecular formula is C9H12N2O2. The molecule has 4 nitrogen and oxygen atoms in total. The average molecular weight is 180 g/mol. The highest BCUT2D eigenvalue weighted by Crippen LogP contribution is 2.39. The zero-order valence-corrected chi connectivity index (χ0v) is 7.32. The van der Waals surface area contributed by atoms with Gasteiger partial charge >= 0.3 is 0 Å². The number of hydrogen-bond donors (Lipinski definition) is 1. The van der Waals surface area contributed by atoms with E-state index in [1.165, 1.54) is 6.42 Å². The Morgan fingerprint density at radius 2 is 2.38 bits per heavy atom. The summed E-state index contributed by atoms with van der Waals surface area (Å²) in [6, 6.07) is 0. The van der Waals surface area contributed by atoms with E-state index in [4.69, 9.17) is 4.74 Å². The standard InChI is InChI=1S/C9H12N2O2/c12-8-4-10-9(11-8)6-3-5-1-2-7(6)13-5/h5-7H,1-4H2,(H,10,11,12). The molecule has 0 spiro atoms. The fourth-order valence-electron chi connectivity index (χ4n) is 2.51. The van der Waals surface area contributed by atoms with Crippen LogP contribution in [0, 0.1) is 5.92 Å². The van der Waals surface area contributed by atoms with E-state index in [1.54, 1.807) is 0 Å². The average Bonchev–Trinajstić information content (AvgIpc) is 2.77. The SMILES string of the molecule is O=C1CN=C(C2CC3CCC2O3)N1. The Hall–Kier alpha value is -0.900. The number of hydrogen-bond acceptors (Lipinski definition) is 3. The van der Waals surface area contributed by atoms with Gasteiger partial charge in [0.1, 0.15) is 12.4 Å². The predicted octanol–water partition coefficient (Wildman–Crippen LogP) is 0.0822. The molecule has 1 amide bonds. The Kier molecular flexibility index (Phi) is 1.47. The summed E-state index contributed by atoms with van der Waals surface area (Å²) in [6.45, 7) is 0.309. The van der Waals surface area contributed by atoms with Crippen molar-refractivity contribution in [2.75, 3.05) is 6.54 Å². The number of amides is 1. The summed E-state index contributed by atoms with van der Waals surface area (Å²) < 4.78 is 5.70. The van der Waals surface area contributed by atoms with Crippen LogP contribution in [-0.4, -0.2) is 30.5 Å². The highest BCUT2D eigenvalue weighted by atomic mass is 16.5. The highest BCUT2D eigenvalue weighted by molar-refractivity contribution is 6.05. The van der Waals surface area contributed by atoms with E-state index in [-0.39, 0.29) is 5.91 Å². The first-order chi connectivity index (χ1) is 6.33. The third-order valence-electron chi connectivity index (χ3n) is 3.12. The molecule has 3 rings (SSSR count). The van der Waals surface area contributed by atoms with Crippen molar-refractivity contribution in [3.05, 3.63) is 0 Å². The molecule has 0 radical (unpaired) electrons. The molecule has 1 N–H and O–H groups in total. The number of carbonyl (C=O) groups is 1. The van der Waals surface area contributed by atoms with Gasteiger partial charge in [-0.05, 0) is 19.3 Å². The number of amidine groups is 1. The fourth-order valence-corrected chi connectivity index (χ4v) is 2.51. The molecule has 13 heavy (non-hydrogen) atoms. The van der Waals surface area contributed by atoms with Crippen LogP contribution in [0.3, 0.4) is 0 Å². The van der Waals surface area contributed by atoms with Crippen LogP contribution < -0.4 is 5.32 Å². The normalized spacial score (nSPS) is 42.3. The molecular weight excluding hydrogens is 168 g/mol. The molecule has 0 aromatic carbocycles. The lowest BCUT2D eigenvalue weighted by Gasteiger charge is -2.17. The summed E-state index contributed by atoms with van der Waals surface area (Å²) in [5, 5.41) is 2.81. The number of fused-ring (bicyclic) bond motifs is 2. The van der Waals surface area contributed by atoms with E-state index in [0.717, 1.165) is 18.7 Å². The molecule has 3 aliphatic heterocycles. The summed E-state index contributed by atoms with van der Waals surface area (Å²) in [6.07, 6.45) is 4.11. The summed E-state index contributed by atoms with van der Waals surface area (Å²) in [5.74, 6) is 1.26. The molecule has 2 bridgehead atoms. The fraction of sp³-hybridized carbons (Fsp3) is 0.778. The van der Waals surface area contributed by atoms with E-state index in [0.29, 0.717) is 24.7 Å². The van der Waals surface area contributed by atoms with E-state index in [9.17, 15) is 4.79 Å². The molecule has 70 valence electrons. The lowest BCUT2D eigenvalue weighted by Crippen LogP contribution is -2.35. The van der Waals surface area contributed by atoms with E-state index < -0.39 is 0 Å².